The van der Waals surface area contributed by atoms with Gasteiger partial charge < -0.3 is 49.4 Å². The molecule has 0 amide bonds. The molecular weight excluding hydrogens is 590 g/mol. The summed E-state index contributed by atoms with van der Waals surface area (Å²) in [6, 6.07) is 10.9. The molecular formula is C32H35NO12. The first-order valence-corrected chi connectivity index (χ1v) is 14.7. The number of aliphatic hydroxyl groups is 3. The second kappa shape index (κ2) is 11.4. The van der Waals surface area contributed by atoms with Crippen LogP contribution in [-0.2, 0) is 40.4 Å². The fraction of sp³-hybridized carbons (Fsp3) is 0.469. The van der Waals surface area contributed by atoms with E-state index in [4.69, 9.17) is 18.9 Å². The Kier molecular flexibility index (Phi) is 7.86. The van der Waals surface area contributed by atoms with Gasteiger partial charge in [-0.25, -0.2) is 14.4 Å². The molecule has 8 atom stereocenters. The van der Waals surface area contributed by atoms with Crippen LogP contribution in [0.25, 0.3) is 0 Å². The lowest BCUT2D eigenvalue weighted by Gasteiger charge is -2.61. The fourth-order valence-corrected chi connectivity index (χ4v) is 7.36. The second-order valence-corrected chi connectivity index (χ2v) is 12.1. The number of hydrogen-bond donors (Lipinski definition) is 5. The van der Waals surface area contributed by atoms with Gasteiger partial charge in [0.2, 0.25) is 6.10 Å². The first-order valence-electron chi connectivity index (χ1n) is 14.7. The van der Waals surface area contributed by atoms with Crippen LogP contribution in [0.1, 0.15) is 49.0 Å². The predicted molar refractivity (Wildman–Crippen MR) is 153 cm³/mol. The summed E-state index contributed by atoms with van der Waals surface area (Å²) in [5.74, 6) is -3.38. The van der Waals surface area contributed by atoms with Crippen LogP contribution >= 0.6 is 0 Å². The number of rotatable bonds is 10. The summed E-state index contributed by atoms with van der Waals surface area (Å²) in [5, 5.41) is 53.3. The molecule has 4 aliphatic rings. The van der Waals surface area contributed by atoms with Crippen molar-refractivity contribution in [1.82, 2.24) is 4.90 Å². The average molecular weight is 626 g/mol. The molecule has 1 saturated heterocycles. The van der Waals surface area contributed by atoms with Crippen LogP contribution in [0.5, 0.6) is 11.5 Å². The molecule has 2 aliphatic carbocycles. The molecule has 2 bridgehead atoms. The van der Waals surface area contributed by atoms with E-state index in [0.717, 1.165) is 5.56 Å². The molecule has 1 spiro atoms. The number of aromatic hydroxyl groups is 1. The van der Waals surface area contributed by atoms with Gasteiger partial charge >= 0.3 is 17.9 Å². The number of benzene rings is 2. The monoisotopic (exact) mass is 625 g/mol. The number of nitrogens with zero attached hydrogens (tertiary/aromatic N) is 1. The summed E-state index contributed by atoms with van der Waals surface area (Å²) in [6.45, 7) is 1.86. The SMILES string of the molecule is C[C@H](OC(O)C[C@H](O)C(=O)OC1=CC[C@@]2(O)[C@H]3Cc4ccc(O)c5c4C2(CCN3C)[C@H]1O5)C(=O)O[C@H](C(=O)O)c1ccccc1. The third kappa shape index (κ3) is 4.95. The molecule has 0 saturated carbocycles. The molecule has 2 heterocycles. The lowest BCUT2D eigenvalue weighted by molar-refractivity contribution is -0.193. The molecule has 2 aromatic carbocycles. The lowest BCUT2D eigenvalue weighted by atomic mass is 9.50. The van der Waals surface area contributed by atoms with E-state index >= 15 is 0 Å². The molecule has 0 aromatic heterocycles. The van der Waals surface area contributed by atoms with Crippen molar-refractivity contribution in [2.45, 2.75) is 80.4 Å². The van der Waals surface area contributed by atoms with E-state index in [2.05, 4.69) is 4.90 Å². The number of aliphatic hydroxyl groups excluding tert-OH is 2. The van der Waals surface area contributed by atoms with Gasteiger partial charge in [-0.1, -0.05) is 36.4 Å². The molecule has 2 unspecified atom stereocenters. The number of phenolic OH excluding ortho intramolecular Hbond substituents is 1. The Labute approximate surface area is 258 Å². The Bertz CT molecular complexity index is 1540. The molecule has 6 rings (SSSR count). The van der Waals surface area contributed by atoms with E-state index in [-0.39, 0.29) is 35.3 Å². The zero-order valence-corrected chi connectivity index (χ0v) is 24.7. The second-order valence-electron chi connectivity index (χ2n) is 12.1. The normalized spacial score (nSPS) is 28.9. The van der Waals surface area contributed by atoms with E-state index in [9.17, 15) is 39.9 Å². The molecule has 13 nitrogen and oxygen atoms in total. The molecule has 0 radical (unpaired) electrons. The largest absolute Gasteiger partial charge is 0.504 e. The quantitative estimate of drug-likeness (QED) is 0.186. The van der Waals surface area contributed by atoms with Crippen molar-refractivity contribution in [3.05, 3.63) is 71.0 Å². The van der Waals surface area contributed by atoms with Gasteiger partial charge in [0.15, 0.2) is 36.1 Å². The Balaban J connectivity index is 1.12. The van der Waals surface area contributed by atoms with Crippen molar-refractivity contribution in [3.63, 3.8) is 0 Å². The Hall–Kier alpha value is -4.01. The van der Waals surface area contributed by atoms with Crippen molar-refractivity contribution in [2.75, 3.05) is 13.6 Å². The van der Waals surface area contributed by atoms with Crippen LogP contribution in [0.3, 0.4) is 0 Å². The summed E-state index contributed by atoms with van der Waals surface area (Å²) in [6.07, 6.45) is -5.65. The number of carboxylic acid groups (broad SMARTS) is 1. The van der Waals surface area contributed by atoms with Gasteiger partial charge in [0, 0.05) is 30.0 Å². The Morgan fingerprint density at radius 3 is 2.56 bits per heavy atom. The van der Waals surface area contributed by atoms with E-state index in [1.165, 1.54) is 19.1 Å². The van der Waals surface area contributed by atoms with E-state index in [1.807, 2.05) is 13.1 Å². The van der Waals surface area contributed by atoms with Crippen LogP contribution in [0.2, 0.25) is 0 Å². The molecule has 2 aliphatic heterocycles. The minimum Gasteiger partial charge on any atom is -0.504 e. The van der Waals surface area contributed by atoms with Crippen LogP contribution in [0.4, 0.5) is 0 Å². The molecule has 5 N–H and O–H groups in total. The first kappa shape index (κ1) is 31.0. The number of phenols is 1. The van der Waals surface area contributed by atoms with Crippen molar-refractivity contribution in [1.29, 1.82) is 0 Å². The highest BCUT2D eigenvalue weighted by atomic mass is 16.6. The van der Waals surface area contributed by atoms with Crippen molar-refractivity contribution >= 4 is 17.9 Å². The zero-order valence-electron chi connectivity index (χ0n) is 24.7. The maximum absolute atomic E-state index is 13.0. The number of likely N-dealkylation sites (N-methyl/N-ethyl adjacent to an activating group) is 1. The van der Waals surface area contributed by atoms with Gasteiger partial charge in [0.25, 0.3) is 0 Å². The number of aliphatic carboxylic acids is 1. The highest BCUT2D eigenvalue weighted by molar-refractivity contribution is 5.81. The minimum absolute atomic E-state index is 0.0726. The summed E-state index contributed by atoms with van der Waals surface area (Å²) < 4.78 is 22.1. The molecule has 2 aromatic rings. The number of hydrogen-bond acceptors (Lipinski definition) is 12. The minimum atomic E-state index is -1.89. The Morgan fingerprint density at radius 1 is 1.11 bits per heavy atom. The number of piperidine rings is 1. The predicted octanol–water partition coefficient (Wildman–Crippen LogP) is 1.06. The van der Waals surface area contributed by atoms with Gasteiger partial charge in [-0.3, -0.25) is 0 Å². The maximum Gasteiger partial charge on any atom is 0.349 e. The lowest BCUT2D eigenvalue weighted by Crippen LogP contribution is -2.74. The molecule has 240 valence electrons. The van der Waals surface area contributed by atoms with Gasteiger partial charge in [0.1, 0.15) is 5.76 Å². The third-order valence-corrected chi connectivity index (χ3v) is 9.52. The van der Waals surface area contributed by atoms with Crippen LogP contribution in [-0.4, -0.2) is 98.2 Å². The highest BCUT2D eigenvalue weighted by Gasteiger charge is 2.72. The van der Waals surface area contributed by atoms with E-state index in [0.29, 0.717) is 24.9 Å². The summed E-state index contributed by atoms with van der Waals surface area (Å²) in [5.41, 5.74) is -0.383. The fourth-order valence-electron chi connectivity index (χ4n) is 7.36. The van der Waals surface area contributed by atoms with Crippen molar-refractivity contribution in [2.24, 2.45) is 0 Å². The van der Waals surface area contributed by atoms with Crippen LogP contribution in [0, 0.1) is 0 Å². The maximum atomic E-state index is 13.0. The number of carbonyl (C=O) groups excluding carboxylic acids is 2. The number of ether oxygens (including phenoxy) is 4. The molecule has 45 heavy (non-hydrogen) atoms. The van der Waals surface area contributed by atoms with Crippen LogP contribution < -0.4 is 4.74 Å². The number of carbonyl (C=O) groups is 3. The highest BCUT2D eigenvalue weighted by Crippen LogP contribution is 2.65. The van der Waals surface area contributed by atoms with E-state index in [1.54, 1.807) is 30.3 Å². The summed E-state index contributed by atoms with van der Waals surface area (Å²) in [7, 11) is 1.95. The third-order valence-electron chi connectivity index (χ3n) is 9.52. The number of likely N-dealkylation sites (tertiary alicyclic amines) is 1. The smallest absolute Gasteiger partial charge is 0.349 e. The molecule has 1 fully saturated rings. The topological polar surface area (TPSA) is 193 Å². The van der Waals surface area contributed by atoms with Gasteiger partial charge in [-0.05, 0) is 51.1 Å². The van der Waals surface area contributed by atoms with E-state index < -0.39 is 66.1 Å². The zero-order chi connectivity index (χ0) is 32.3. The average Bonchev–Trinajstić information content (AvgIpc) is 3.36. The van der Waals surface area contributed by atoms with Gasteiger partial charge in [-0.2, -0.15) is 0 Å². The standard InChI is InChI=1S/C32H35NO12/c1-16(29(39)45-25(28(37)38)17-6-4-3-5-7-17)42-23(36)15-20(35)30(40)43-21-10-11-32(41)22-14-18-8-9-19(34)26-24(18)31(32,27(21)44-26)12-13-33(22)2/h3-10,16,20,22-23,25,27,34-36,41H,11-15H2,1-2H3,(H,37,38)/t16-,20-,22+,23?,25-,27-,31?,32+/m0/s1. The summed E-state index contributed by atoms with van der Waals surface area (Å²) >= 11 is 0. The van der Waals surface area contributed by atoms with Crippen molar-refractivity contribution in [3.8, 4) is 11.5 Å². The van der Waals surface area contributed by atoms with Crippen LogP contribution in [0.15, 0.2) is 54.3 Å². The number of carboxylic acids is 1. The molecule has 13 heteroatoms. The first-order chi connectivity index (χ1) is 21.4. The van der Waals surface area contributed by atoms with Gasteiger partial charge in [-0.15, -0.1) is 0 Å². The number of esters is 2. The Morgan fingerprint density at radius 2 is 1.84 bits per heavy atom. The van der Waals surface area contributed by atoms with Gasteiger partial charge in [0.05, 0.1) is 11.0 Å². The van der Waals surface area contributed by atoms with Crippen molar-refractivity contribution < 1.29 is 58.9 Å². The summed E-state index contributed by atoms with van der Waals surface area (Å²) in [4.78, 5) is 39.3.